The van der Waals surface area contributed by atoms with Crippen LogP contribution in [0.25, 0.3) is 11.1 Å². The van der Waals surface area contributed by atoms with Crippen molar-refractivity contribution in [1.29, 1.82) is 0 Å². The van der Waals surface area contributed by atoms with Gasteiger partial charge in [-0.2, -0.15) is 11.8 Å². The fourth-order valence-electron chi connectivity index (χ4n) is 5.42. The minimum absolute atomic E-state index is 0.0109. The minimum Gasteiger partial charge on any atom is -0.480 e. The Morgan fingerprint density at radius 3 is 2.06 bits per heavy atom. The molecule has 1 amide bonds. The van der Waals surface area contributed by atoms with Gasteiger partial charge in [-0.15, -0.1) is 0 Å². The van der Waals surface area contributed by atoms with E-state index in [1.54, 1.807) is 78.1 Å². The molecular weight excluding hydrogens is 626 g/mol. The van der Waals surface area contributed by atoms with Crippen LogP contribution < -0.4 is 16.0 Å². The quantitative estimate of drug-likeness (QED) is 0.146. The number of rotatable bonds is 11. The standard InChI is InChI=1S/C34H45N3O9S/c1-32(2,3)45-28(39)23-15-17-36-27(25(23)29(40)46-33(4,5)6)37(31(43)44)21-13-14-22(24(19-21)20-11-9-8-10-12-20)26(38)34(35,30(41)42)16-18-47-7/h8-14,19,23,25,27,36H,15-18,35H2,1-7H3,(H,41,42)(H,43,44). The first-order valence-corrected chi connectivity index (χ1v) is 16.7. The lowest BCUT2D eigenvalue weighted by Crippen LogP contribution is -2.62. The van der Waals surface area contributed by atoms with Crippen LogP contribution in [0, 0.1) is 11.8 Å². The molecule has 0 saturated carbocycles. The van der Waals surface area contributed by atoms with Crippen molar-refractivity contribution in [3.63, 3.8) is 0 Å². The number of benzene rings is 2. The Morgan fingerprint density at radius 1 is 0.936 bits per heavy atom. The number of carbonyl (C=O) groups is 5. The number of carboxylic acid groups (broad SMARTS) is 2. The fourth-order valence-corrected chi connectivity index (χ4v) is 5.94. The number of aliphatic carboxylic acids is 1. The van der Waals surface area contributed by atoms with E-state index in [-0.39, 0.29) is 36.2 Å². The van der Waals surface area contributed by atoms with Gasteiger partial charge < -0.3 is 25.4 Å². The molecule has 1 aliphatic rings. The third-order valence-electron chi connectivity index (χ3n) is 7.55. The number of carbonyl (C=O) groups excluding carboxylic acids is 3. The topological polar surface area (TPSA) is 186 Å². The zero-order valence-corrected chi connectivity index (χ0v) is 28.7. The van der Waals surface area contributed by atoms with Gasteiger partial charge in [0.1, 0.15) is 23.3 Å². The molecule has 47 heavy (non-hydrogen) atoms. The van der Waals surface area contributed by atoms with Crippen LogP contribution >= 0.6 is 11.8 Å². The number of hydrogen-bond donors (Lipinski definition) is 4. The number of hydrogen-bond acceptors (Lipinski definition) is 10. The number of amides is 1. The molecular formula is C34H45N3O9S. The number of esters is 2. The van der Waals surface area contributed by atoms with Crippen molar-refractivity contribution in [2.75, 3.05) is 23.5 Å². The highest BCUT2D eigenvalue weighted by Gasteiger charge is 2.50. The molecule has 0 aliphatic carbocycles. The summed E-state index contributed by atoms with van der Waals surface area (Å²) in [5.74, 6) is -5.77. The number of nitrogens with one attached hydrogen (secondary N) is 1. The third kappa shape index (κ3) is 9.11. The van der Waals surface area contributed by atoms with Gasteiger partial charge in [0, 0.05) is 11.3 Å². The van der Waals surface area contributed by atoms with E-state index < -0.39 is 64.5 Å². The molecule has 12 nitrogen and oxygen atoms in total. The van der Waals surface area contributed by atoms with E-state index in [0.717, 1.165) is 4.90 Å². The van der Waals surface area contributed by atoms with E-state index in [1.165, 1.54) is 30.0 Å². The van der Waals surface area contributed by atoms with E-state index in [4.69, 9.17) is 15.2 Å². The summed E-state index contributed by atoms with van der Waals surface area (Å²) in [6.45, 7) is 10.3. The number of nitrogens with zero attached hydrogens (tertiary/aromatic N) is 1. The molecule has 4 atom stereocenters. The lowest BCUT2D eigenvalue weighted by molar-refractivity contribution is -0.176. The third-order valence-corrected chi connectivity index (χ3v) is 8.17. The van der Waals surface area contributed by atoms with Gasteiger partial charge in [0.25, 0.3) is 0 Å². The van der Waals surface area contributed by atoms with Crippen LogP contribution in [-0.4, -0.2) is 81.5 Å². The Hall–Kier alpha value is -3.94. The SMILES string of the molecule is CSCCC(N)(C(=O)O)C(=O)c1ccc(N(C(=O)O)C2NCCC(C(=O)OC(C)(C)C)C2C(=O)OC(C)(C)C)cc1-c1ccccc1. The van der Waals surface area contributed by atoms with Gasteiger partial charge in [0.05, 0.1) is 5.92 Å². The van der Waals surface area contributed by atoms with Crippen LogP contribution in [0.3, 0.4) is 0 Å². The molecule has 3 rings (SSSR count). The van der Waals surface area contributed by atoms with Crippen molar-refractivity contribution < 1.29 is 43.7 Å². The Labute approximate surface area is 279 Å². The number of ether oxygens (including phenoxy) is 2. The van der Waals surface area contributed by atoms with E-state index in [1.807, 2.05) is 0 Å². The molecule has 0 bridgehead atoms. The molecule has 13 heteroatoms. The first kappa shape index (κ1) is 37.5. The summed E-state index contributed by atoms with van der Waals surface area (Å²) in [6, 6.07) is 12.7. The minimum atomic E-state index is -2.23. The maximum Gasteiger partial charge on any atom is 0.413 e. The van der Waals surface area contributed by atoms with Gasteiger partial charge in [0.2, 0.25) is 0 Å². The smallest absolute Gasteiger partial charge is 0.413 e. The summed E-state index contributed by atoms with van der Waals surface area (Å²) in [4.78, 5) is 67.3. The Bertz CT molecular complexity index is 1490. The van der Waals surface area contributed by atoms with Crippen molar-refractivity contribution in [1.82, 2.24) is 5.32 Å². The molecule has 1 fully saturated rings. The van der Waals surface area contributed by atoms with Crippen molar-refractivity contribution in [3.05, 3.63) is 54.1 Å². The predicted octanol–water partition coefficient (Wildman–Crippen LogP) is 4.79. The van der Waals surface area contributed by atoms with Crippen LogP contribution in [0.2, 0.25) is 0 Å². The van der Waals surface area contributed by atoms with E-state index in [2.05, 4.69) is 5.32 Å². The molecule has 0 radical (unpaired) electrons. The van der Waals surface area contributed by atoms with E-state index >= 15 is 0 Å². The number of carboxylic acids is 1. The molecule has 0 aromatic heterocycles. The number of nitrogens with two attached hydrogens (primary N) is 1. The van der Waals surface area contributed by atoms with Crippen molar-refractivity contribution in [3.8, 4) is 11.1 Å². The molecule has 1 saturated heterocycles. The molecule has 0 spiro atoms. The van der Waals surface area contributed by atoms with Gasteiger partial charge in [-0.3, -0.25) is 24.6 Å². The van der Waals surface area contributed by atoms with Gasteiger partial charge in [-0.05, 0) is 102 Å². The highest BCUT2D eigenvalue weighted by Crippen LogP contribution is 2.37. The normalized spacial score (nSPS) is 19.6. The highest BCUT2D eigenvalue weighted by atomic mass is 32.2. The van der Waals surface area contributed by atoms with Crippen LogP contribution in [-0.2, 0) is 23.9 Å². The summed E-state index contributed by atoms with van der Waals surface area (Å²) in [6.07, 6.45) is -0.885. The summed E-state index contributed by atoms with van der Waals surface area (Å²) < 4.78 is 11.3. The average Bonchev–Trinajstić information content (AvgIpc) is 2.97. The maximum absolute atomic E-state index is 13.9. The number of thioether (sulfide) groups is 1. The molecule has 256 valence electrons. The van der Waals surface area contributed by atoms with Gasteiger partial charge in [0.15, 0.2) is 11.3 Å². The highest BCUT2D eigenvalue weighted by molar-refractivity contribution is 7.98. The van der Waals surface area contributed by atoms with Crippen molar-refractivity contribution in [2.45, 2.75) is 77.3 Å². The van der Waals surface area contributed by atoms with Gasteiger partial charge in [-0.1, -0.05) is 30.3 Å². The van der Waals surface area contributed by atoms with Gasteiger partial charge >= 0.3 is 24.0 Å². The predicted molar refractivity (Wildman–Crippen MR) is 179 cm³/mol. The molecule has 5 N–H and O–H groups in total. The Kier molecular flexibility index (Phi) is 11.9. The summed E-state index contributed by atoms with van der Waals surface area (Å²) in [5, 5.41) is 23.7. The lowest BCUT2D eigenvalue weighted by Gasteiger charge is -2.42. The molecule has 2 aromatic carbocycles. The molecule has 1 heterocycles. The van der Waals surface area contributed by atoms with Crippen molar-refractivity contribution >= 4 is 47.2 Å². The monoisotopic (exact) mass is 671 g/mol. The van der Waals surface area contributed by atoms with E-state index in [0.29, 0.717) is 11.3 Å². The van der Waals surface area contributed by atoms with Gasteiger partial charge in [-0.25, -0.2) is 9.59 Å². The molecule has 1 aliphatic heterocycles. The number of anilines is 1. The van der Waals surface area contributed by atoms with Crippen molar-refractivity contribution in [2.24, 2.45) is 17.6 Å². The second-order valence-electron chi connectivity index (χ2n) is 13.5. The summed E-state index contributed by atoms with van der Waals surface area (Å²) in [7, 11) is 0. The van der Waals surface area contributed by atoms with Crippen LogP contribution in [0.5, 0.6) is 0 Å². The summed E-state index contributed by atoms with van der Waals surface area (Å²) >= 11 is 1.35. The molecule has 2 aromatic rings. The first-order valence-electron chi connectivity index (χ1n) is 15.3. The number of ketones is 1. The lowest BCUT2D eigenvalue weighted by atomic mass is 9.82. The Balaban J connectivity index is 2.22. The second kappa shape index (κ2) is 14.9. The summed E-state index contributed by atoms with van der Waals surface area (Å²) in [5.41, 5.74) is 3.00. The van der Waals surface area contributed by atoms with Crippen LogP contribution in [0.4, 0.5) is 10.5 Å². The van der Waals surface area contributed by atoms with Crippen LogP contribution in [0.1, 0.15) is 64.7 Å². The van der Waals surface area contributed by atoms with Crippen LogP contribution in [0.15, 0.2) is 48.5 Å². The zero-order chi connectivity index (χ0) is 35.3. The van der Waals surface area contributed by atoms with E-state index in [9.17, 15) is 34.2 Å². The first-order chi connectivity index (χ1) is 21.8. The largest absolute Gasteiger partial charge is 0.480 e. The number of Topliss-reactive ketones (excluding diaryl/α,β-unsaturated/α-hetero) is 1. The zero-order valence-electron chi connectivity index (χ0n) is 27.9. The fraction of sp³-hybridized carbons (Fsp3) is 0.500. The Morgan fingerprint density at radius 2 is 1.53 bits per heavy atom. The second-order valence-corrected chi connectivity index (χ2v) is 14.5. The maximum atomic E-state index is 13.9. The number of piperidine rings is 1. The average molecular weight is 672 g/mol. The molecule has 4 unspecified atom stereocenters.